The normalized spacial score (nSPS) is 25.6. The van der Waals surface area contributed by atoms with Crippen LogP contribution in [0.2, 0.25) is 5.02 Å². The Morgan fingerprint density at radius 1 is 1.33 bits per heavy atom. The number of hydrogen-bond donors (Lipinski definition) is 1. The molecule has 98 valence electrons. The van der Waals surface area contributed by atoms with Gasteiger partial charge in [-0.15, -0.1) is 0 Å². The van der Waals surface area contributed by atoms with Gasteiger partial charge in [0.1, 0.15) is 11.4 Å². The molecule has 3 nitrogen and oxygen atoms in total. The van der Waals surface area contributed by atoms with Gasteiger partial charge in [0.2, 0.25) is 0 Å². The number of ether oxygens (including phenoxy) is 2. The molecule has 1 fully saturated rings. The van der Waals surface area contributed by atoms with Crippen molar-refractivity contribution in [1.82, 2.24) is 5.32 Å². The fraction of sp³-hybridized carbons (Fsp3) is 0.571. The lowest BCUT2D eigenvalue weighted by Gasteiger charge is -2.44. The van der Waals surface area contributed by atoms with Gasteiger partial charge in [0.25, 0.3) is 0 Å². The number of nitrogens with one attached hydrogen (secondary N) is 1. The minimum atomic E-state index is -0.0627. The number of rotatable bonds is 1. The minimum Gasteiger partial charge on any atom is -0.487 e. The molecule has 18 heavy (non-hydrogen) atoms. The predicted molar refractivity (Wildman–Crippen MR) is 71.3 cm³/mol. The Labute approximate surface area is 112 Å². The average molecular weight is 268 g/mol. The van der Waals surface area contributed by atoms with Crippen LogP contribution < -0.4 is 10.1 Å². The van der Waals surface area contributed by atoms with Gasteiger partial charge in [0.05, 0.1) is 13.2 Å². The largest absolute Gasteiger partial charge is 0.487 e. The molecule has 0 radical (unpaired) electrons. The van der Waals surface area contributed by atoms with Crippen LogP contribution in [0.4, 0.5) is 0 Å². The summed E-state index contributed by atoms with van der Waals surface area (Å²) in [5.41, 5.74) is 1.11. The van der Waals surface area contributed by atoms with Crippen molar-refractivity contribution in [2.75, 3.05) is 20.3 Å². The highest BCUT2D eigenvalue weighted by Crippen LogP contribution is 2.44. The molecule has 1 atom stereocenters. The molecule has 0 amide bonds. The third-order valence-electron chi connectivity index (χ3n) is 4.00. The SMILES string of the molecule is CNC1CC2(CCOCC2)Oc2ccc(Cl)cc21. The molecule has 0 bridgehead atoms. The molecule has 2 heterocycles. The van der Waals surface area contributed by atoms with Gasteiger partial charge in [-0.1, -0.05) is 11.6 Å². The summed E-state index contributed by atoms with van der Waals surface area (Å²) >= 11 is 6.07. The second-order valence-corrected chi connectivity index (χ2v) is 5.56. The maximum Gasteiger partial charge on any atom is 0.125 e. The number of benzene rings is 1. The molecule has 1 saturated heterocycles. The van der Waals surface area contributed by atoms with E-state index in [1.807, 2.05) is 25.2 Å². The summed E-state index contributed by atoms with van der Waals surface area (Å²) in [6.07, 6.45) is 2.92. The van der Waals surface area contributed by atoms with Gasteiger partial charge in [-0.3, -0.25) is 0 Å². The molecule has 0 aliphatic carbocycles. The second kappa shape index (κ2) is 4.72. The van der Waals surface area contributed by atoms with Crippen molar-refractivity contribution in [1.29, 1.82) is 0 Å². The first-order chi connectivity index (χ1) is 8.72. The van der Waals surface area contributed by atoms with Crippen LogP contribution in [-0.2, 0) is 4.74 Å². The Morgan fingerprint density at radius 3 is 2.83 bits per heavy atom. The van der Waals surface area contributed by atoms with Crippen molar-refractivity contribution in [3.63, 3.8) is 0 Å². The number of hydrogen-bond acceptors (Lipinski definition) is 3. The van der Waals surface area contributed by atoms with Crippen molar-refractivity contribution in [3.8, 4) is 5.75 Å². The van der Waals surface area contributed by atoms with E-state index in [2.05, 4.69) is 5.32 Å². The highest BCUT2D eigenvalue weighted by molar-refractivity contribution is 6.30. The molecule has 3 rings (SSSR count). The molecule has 1 aromatic rings. The molecule has 2 aliphatic heterocycles. The highest BCUT2D eigenvalue weighted by atomic mass is 35.5. The second-order valence-electron chi connectivity index (χ2n) is 5.12. The minimum absolute atomic E-state index is 0.0627. The van der Waals surface area contributed by atoms with Crippen molar-refractivity contribution < 1.29 is 9.47 Å². The molecule has 1 spiro atoms. The van der Waals surface area contributed by atoms with Crippen molar-refractivity contribution in [2.24, 2.45) is 0 Å². The molecular weight excluding hydrogens is 250 g/mol. The Hall–Kier alpha value is -0.770. The van der Waals surface area contributed by atoms with Gasteiger partial charge in [-0.25, -0.2) is 0 Å². The third kappa shape index (κ3) is 2.11. The molecule has 1 aromatic carbocycles. The maximum absolute atomic E-state index is 6.27. The van der Waals surface area contributed by atoms with Gasteiger partial charge < -0.3 is 14.8 Å². The first-order valence-corrected chi connectivity index (χ1v) is 6.84. The zero-order valence-electron chi connectivity index (χ0n) is 10.5. The van der Waals surface area contributed by atoms with E-state index in [-0.39, 0.29) is 5.60 Å². The van der Waals surface area contributed by atoms with Gasteiger partial charge >= 0.3 is 0 Å². The zero-order valence-corrected chi connectivity index (χ0v) is 11.3. The van der Waals surface area contributed by atoms with E-state index in [4.69, 9.17) is 21.1 Å². The molecule has 1 unspecified atom stereocenters. The fourth-order valence-corrected chi connectivity index (χ4v) is 3.13. The lowest BCUT2D eigenvalue weighted by Crippen LogP contribution is -2.47. The summed E-state index contributed by atoms with van der Waals surface area (Å²) < 4.78 is 11.7. The predicted octanol–water partition coefficient (Wildman–Crippen LogP) is 2.93. The van der Waals surface area contributed by atoms with Crippen LogP contribution in [0, 0.1) is 0 Å². The van der Waals surface area contributed by atoms with E-state index in [1.165, 1.54) is 5.56 Å². The summed E-state index contributed by atoms with van der Waals surface area (Å²) in [6.45, 7) is 1.58. The summed E-state index contributed by atoms with van der Waals surface area (Å²) in [5.74, 6) is 0.965. The van der Waals surface area contributed by atoms with Gasteiger partial charge in [0.15, 0.2) is 0 Å². The third-order valence-corrected chi connectivity index (χ3v) is 4.24. The molecule has 0 aromatic heterocycles. The van der Waals surface area contributed by atoms with E-state index >= 15 is 0 Å². The lowest BCUT2D eigenvalue weighted by atomic mass is 9.82. The van der Waals surface area contributed by atoms with Crippen LogP contribution in [0.5, 0.6) is 5.75 Å². The van der Waals surface area contributed by atoms with Crippen LogP contribution in [0.1, 0.15) is 30.9 Å². The molecular formula is C14H18ClNO2. The summed E-state index contributed by atoms with van der Waals surface area (Å²) in [6, 6.07) is 6.19. The van der Waals surface area contributed by atoms with Crippen molar-refractivity contribution in [3.05, 3.63) is 28.8 Å². The van der Waals surface area contributed by atoms with E-state index < -0.39 is 0 Å². The Morgan fingerprint density at radius 2 is 2.11 bits per heavy atom. The zero-order chi connectivity index (χ0) is 12.6. The van der Waals surface area contributed by atoms with Crippen molar-refractivity contribution in [2.45, 2.75) is 30.9 Å². The van der Waals surface area contributed by atoms with Gasteiger partial charge in [-0.05, 0) is 25.2 Å². The molecule has 2 aliphatic rings. The van der Waals surface area contributed by atoms with Crippen LogP contribution in [-0.4, -0.2) is 25.9 Å². The topological polar surface area (TPSA) is 30.5 Å². The first kappa shape index (κ1) is 12.3. The highest BCUT2D eigenvalue weighted by Gasteiger charge is 2.41. The van der Waals surface area contributed by atoms with Gasteiger partial charge in [0, 0.05) is 35.9 Å². The Balaban J connectivity index is 1.96. The smallest absolute Gasteiger partial charge is 0.125 e. The standard InChI is InChI=1S/C14H18ClNO2/c1-16-12-9-14(4-6-17-7-5-14)18-13-3-2-10(15)8-11(12)13/h2-3,8,12,16H,4-7,9H2,1H3. The van der Waals surface area contributed by atoms with Crippen LogP contribution in [0.3, 0.4) is 0 Å². The quantitative estimate of drug-likeness (QED) is 0.849. The lowest BCUT2D eigenvalue weighted by molar-refractivity contribution is -0.0641. The van der Waals surface area contributed by atoms with Crippen molar-refractivity contribution >= 4 is 11.6 Å². The van der Waals surface area contributed by atoms with E-state index in [1.54, 1.807) is 0 Å². The van der Waals surface area contributed by atoms with E-state index in [0.29, 0.717) is 6.04 Å². The average Bonchev–Trinajstić information content (AvgIpc) is 2.39. The summed E-state index contributed by atoms with van der Waals surface area (Å²) in [4.78, 5) is 0. The van der Waals surface area contributed by atoms with Crippen LogP contribution in [0.25, 0.3) is 0 Å². The van der Waals surface area contributed by atoms with Gasteiger partial charge in [-0.2, -0.15) is 0 Å². The molecule has 1 N–H and O–H groups in total. The fourth-order valence-electron chi connectivity index (χ4n) is 2.95. The maximum atomic E-state index is 6.27. The first-order valence-electron chi connectivity index (χ1n) is 6.46. The Bertz CT molecular complexity index is 443. The number of halogens is 1. The molecule has 0 saturated carbocycles. The summed E-state index contributed by atoms with van der Waals surface area (Å²) in [7, 11) is 1.99. The van der Waals surface area contributed by atoms with Crippen LogP contribution in [0.15, 0.2) is 18.2 Å². The Kier molecular flexibility index (Phi) is 3.22. The number of fused-ring (bicyclic) bond motifs is 1. The van der Waals surface area contributed by atoms with Crippen LogP contribution >= 0.6 is 11.6 Å². The summed E-state index contributed by atoms with van der Waals surface area (Å²) in [5, 5.41) is 4.14. The van der Waals surface area contributed by atoms with E-state index in [0.717, 1.165) is 43.2 Å². The molecule has 4 heteroatoms. The monoisotopic (exact) mass is 267 g/mol. The van der Waals surface area contributed by atoms with E-state index in [9.17, 15) is 0 Å².